The van der Waals surface area contributed by atoms with Gasteiger partial charge in [-0.1, -0.05) is 19.4 Å². The Bertz CT molecular complexity index is 934. The van der Waals surface area contributed by atoms with Crippen molar-refractivity contribution in [2.75, 3.05) is 97.9 Å². The number of ether oxygens (including phenoxy) is 4. The van der Waals surface area contributed by atoms with Crippen molar-refractivity contribution < 1.29 is 38.1 Å². The lowest BCUT2D eigenvalue weighted by atomic mass is 10.0. The molecule has 0 aromatic carbocycles. The van der Waals surface area contributed by atoms with Gasteiger partial charge in [-0.2, -0.15) is 11.8 Å². The summed E-state index contributed by atoms with van der Waals surface area (Å²) in [5, 5.41) is 9.27. The quantitative estimate of drug-likeness (QED) is 0.0781. The van der Waals surface area contributed by atoms with Crippen molar-refractivity contribution in [1.82, 2.24) is 25.8 Å². The number of hydrogen-bond donors (Lipinski definition) is 3. The minimum absolute atomic E-state index is 0.0384. The normalized spacial score (nSPS) is 21.6. The van der Waals surface area contributed by atoms with Crippen LogP contribution >= 0.6 is 11.8 Å². The molecule has 0 spiro atoms. The molecule has 0 radical (unpaired) electrons. The van der Waals surface area contributed by atoms with Crippen molar-refractivity contribution in [3.8, 4) is 0 Å². The summed E-state index contributed by atoms with van der Waals surface area (Å²) in [6, 6.07) is 0.402. The van der Waals surface area contributed by atoms with Crippen molar-refractivity contribution in [2.24, 2.45) is 0 Å². The average Bonchev–Trinajstić information content (AvgIpc) is 3.60. The van der Waals surface area contributed by atoms with Crippen molar-refractivity contribution >= 4 is 35.4 Å². The lowest BCUT2D eigenvalue weighted by Crippen LogP contribution is -2.48. The molecule has 0 aromatic rings. The second-order valence-corrected chi connectivity index (χ2v) is 12.6. The van der Waals surface area contributed by atoms with Crippen LogP contribution in [0.3, 0.4) is 0 Å². The first-order chi connectivity index (χ1) is 22.0. The summed E-state index contributed by atoms with van der Waals surface area (Å²) in [6.07, 6.45) is 7.75. The number of fused-ring (bicyclic) bond motifs is 1. The number of carbonyl (C=O) groups excluding carboxylic acids is 4. The van der Waals surface area contributed by atoms with Crippen LogP contribution < -0.4 is 16.0 Å². The van der Waals surface area contributed by atoms with Gasteiger partial charge in [-0.05, 0) is 18.9 Å². The molecule has 0 bridgehead atoms. The number of piperazine rings is 1. The molecule has 3 aliphatic heterocycles. The van der Waals surface area contributed by atoms with E-state index in [1.165, 1.54) is 0 Å². The van der Waals surface area contributed by atoms with Gasteiger partial charge in [0.1, 0.15) is 0 Å². The Morgan fingerprint density at radius 1 is 0.889 bits per heavy atom. The van der Waals surface area contributed by atoms with Gasteiger partial charge in [0.2, 0.25) is 11.8 Å². The first-order valence-electron chi connectivity index (χ1n) is 16.4. The first kappa shape index (κ1) is 37.2. The summed E-state index contributed by atoms with van der Waals surface area (Å²) in [6.45, 7) is 9.58. The zero-order chi connectivity index (χ0) is 32.1. The summed E-state index contributed by atoms with van der Waals surface area (Å²) in [5.74, 6) is 1.24. The van der Waals surface area contributed by atoms with Gasteiger partial charge in [0, 0.05) is 63.1 Å². The molecular formula is C31H53N5O8S. The molecule has 3 saturated heterocycles. The lowest BCUT2D eigenvalue weighted by Gasteiger charge is -2.34. The van der Waals surface area contributed by atoms with E-state index in [9.17, 15) is 19.2 Å². The Kier molecular flexibility index (Phi) is 18.5. The van der Waals surface area contributed by atoms with Crippen LogP contribution in [-0.2, 0) is 33.3 Å². The minimum Gasteiger partial charge on any atom is -0.379 e. The predicted molar refractivity (Wildman–Crippen MR) is 172 cm³/mol. The Hall–Kier alpha value is -2.23. The highest BCUT2D eigenvalue weighted by atomic mass is 32.2. The number of amides is 4. The fourth-order valence-electron chi connectivity index (χ4n) is 5.34. The Balaban J connectivity index is 1.01. The molecule has 0 aliphatic carbocycles. The molecule has 3 fully saturated rings. The maximum Gasteiger partial charge on any atom is 0.315 e. The van der Waals surface area contributed by atoms with Crippen LogP contribution in [0, 0.1) is 0 Å². The van der Waals surface area contributed by atoms with E-state index in [1.54, 1.807) is 6.08 Å². The molecule has 3 heterocycles. The molecule has 2 unspecified atom stereocenters. The van der Waals surface area contributed by atoms with Gasteiger partial charge < -0.3 is 39.8 Å². The number of unbranched alkanes of at least 4 members (excludes halogenated alkanes) is 1. The molecule has 13 nitrogen and oxygen atoms in total. The summed E-state index contributed by atoms with van der Waals surface area (Å²) >= 11 is 1.90. The molecule has 256 valence electrons. The number of urea groups is 1. The molecule has 0 aromatic heterocycles. The third-order valence-electron chi connectivity index (χ3n) is 7.97. The monoisotopic (exact) mass is 655 g/mol. The van der Waals surface area contributed by atoms with Crippen LogP contribution in [0.15, 0.2) is 12.2 Å². The van der Waals surface area contributed by atoms with E-state index < -0.39 is 0 Å². The third kappa shape index (κ3) is 15.3. The molecule has 3 rings (SSSR count). The Labute approximate surface area is 271 Å². The zero-order valence-electron chi connectivity index (χ0n) is 26.8. The van der Waals surface area contributed by atoms with E-state index >= 15 is 0 Å². The summed E-state index contributed by atoms with van der Waals surface area (Å²) in [4.78, 5) is 51.3. The second-order valence-electron chi connectivity index (χ2n) is 11.3. The number of hydrogen-bond acceptors (Lipinski definition) is 10. The van der Waals surface area contributed by atoms with Gasteiger partial charge in [0.25, 0.3) is 0 Å². The Morgan fingerprint density at radius 2 is 1.56 bits per heavy atom. The largest absolute Gasteiger partial charge is 0.379 e. The minimum atomic E-state index is -0.0624. The zero-order valence-corrected chi connectivity index (χ0v) is 27.6. The van der Waals surface area contributed by atoms with Gasteiger partial charge in [-0.15, -0.1) is 0 Å². The highest BCUT2D eigenvalue weighted by molar-refractivity contribution is 8.00. The maximum absolute atomic E-state index is 12.4. The van der Waals surface area contributed by atoms with Crippen molar-refractivity contribution in [3.63, 3.8) is 0 Å². The number of nitrogens with zero attached hydrogens (tertiary/aromatic N) is 2. The van der Waals surface area contributed by atoms with Crippen LogP contribution in [0.25, 0.3) is 0 Å². The third-order valence-corrected chi connectivity index (χ3v) is 9.47. The van der Waals surface area contributed by atoms with Crippen molar-refractivity contribution in [2.45, 2.75) is 62.8 Å². The average molecular weight is 656 g/mol. The topological polar surface area (TPSA) is 148 Å². The highest BCUT2D eigenvalue weighted by Gasteiger charge is 2.42. The van der Waals surface area contributed by atoms with E-state index in [0.717, 1.165) is 44.6 Å². The van der Waals surface area contributed by atoms with E-state index in [-0.39, 0.29) is 35.7 Å². The number of nitrogens with one attached hydrogen (secondary N) is 3. The van der Waals surface area contributed by atoms with Gasteiger partial charge in [0.15, 0.2) is 5.78 Å². The van der Waals surface area contributed by atoms with Gasteiger partial charge in [-0.25, -0.2) is 4.79 Å². The SMILES string of the molecule is CCC(=O)/C=C/CN1CCN(C(=O)CCOCCOCCOCCOCCNC(=O)CCCC[C@@H]2SCC3NC(=O)NC32)CC1. The second kappa shape index (κ2) is 22.3. The highest BCUT2D eigenvalue weighted by Crippen LogP contribution is 2.33. The van der Waals surface area contributed by atoms with E-state index in [0.29, 0.717) is 97.0 Å². The fraction of sp³-hybridized carbons (Fsp3) is 0.806. The number of rotatable bonds is 24. The number of thioether (sulfide) groups is 1. The van der Waals surface area contributed by atoms with Crippen LogP contribution in [0.5, 0.6) is 0 Å². The van der Waals surface area contributed by atoms with E-state index in [2.05, 4.69) is 20.9 Å². The number of allylic oxidation sites excluding steroid dienone is 1. The molecule has 0 saturated carbocycles. The molecule has 45 heavy (non-hydrogen) atoms. The lowest BCUT2D eigenvalue weighted by molar-refractivity contribution is -0.134. The van der Waals surface area contributed by atoms with Crippen molar-refractivity contribution in [1.29, 1.82) is 0 Å². The summed E-state index contributed by atoms with van der Waals surface area (Å²) in [7, 11) is 0. The van der Waals surface area contributed by atoms with Gasteiger partial charge in [-0.3, -0.25) is 19.3 Å². The van der Waals surface area contributed by atoms with Crippen LogP contribution in [0.2, 0.25) is 0 Å². The number of carbonyl (C=O) groups is 4. The summed E-state index contributed by atoms with van der Waals surface area (Å²) in [5.41, 5.74) is 0. The maximum atomic E-state index is 12.4. The molecule has 3 aliphatic rings. The van der Waals surface area contributed by atoms with Crippen LogP contribution in [-0.4, -0.2) is 149 Å². The molecular weight excluding hydrogens is 602 g/mol. The molecule has 3 N–H and O–H groups in total. The molecule has 4 amide bonds. The first-order valence-corrected chi connectivity index (χ1v) is 17.5. The number of ketones is 1. The fourth-order valence-corrected chi connectivity index (χ4v) is 6.88. The van der Waals surface area contributed by atoms with Gasteiger partial charge >= 0.3 is 6.03 Å². The van der Waals surface area contributed by atoms with Gasteiger partial charge in [0.05, 0.1) is 71.4 Å². The smallest absolute Gasteiger partial charge is 0.315 e. The van der Waals surface area contributed by atoms with E-state index in [1.807, 2.05) is 29.7 Å². The molecule has 3 atom stereocenters. The standard InChI is InChI=1S/C31H53N5O8S/c1-2-25(37)6-5-11-35-12-14-36(15-13-35)29(39)9-16-41-18-20-43-22-23-44-21-19-42-17-10-32-28(38)8-4-3-7-27-30-26(24-45-27)33-31(40)34-30/h5-6,26-27,30H,2-4,7-24H2,1H3,(H,32,38)(H2,33,34,40)/b6-5+/t26?,27-,30?/m0/s1. The predicted octanol–water partition coefficient (Wildman–Crippen LogP) is 0.964. The van der Waals surface area contributed by atoms with Crippen LogP contribution in [0.1, 0.15) is 45.4 Å². The Morgan fingerprint density at radius 3 is 2.24 bits per heavy atom. The van der Waals surface area contributed by atoms with Crippen molar-refractivity contribution in [3.05, 3.63) is 12.2 Å². The molecule has 14 heteroatoms. The van der Waals surface area contributed by atoms with Crippen LogP contribution in [0.4, 0.5) is 4.79 Å². The summed E-state index contributed by atoms with van der Waals surface area (Å²) < 4.78 is 22.0. The van der Waals surface area contributed by atoms with E-state index in [4.69, 9.17) is 18.9 Å².